The van der Waals surface area contributed by atoms with E-state index in [2.05, 4.69) is 46.2 Å². The lowest BCUT2D eigenvalue weighted by atomic mass is 9.74. The Balaban J connectivity index is 1.69. The second kappa shape index (κ2) is 7.17. The summed E-state index contributed by atoms with van der Waals surface area (Å²) in [7, 11) is 1.66. The van der Waals surface area contributed by atoms with E-state index in [1.807, 2.05) is 29.8 Å². The topological polar surface area (TPSA) is 80.2 Å². The lowest BCUT2D eigenvalue weighted by Crippen LogP contribution is -2.52. The van der Waals surface area contributed by atoms with E-state index in [-0.39, 0.29) is 30.0 Å². The Bertz CT molecular complexity index is 845. The molecule has 2 aliphatic heterocycles. The van der Waals surface area contributed by atoms with Gasteiger partial charge in [0.25, 0.3) is 0 Å². The Labute approximate surface area is 158 Å². The van der Waals surface area contributed by atoms with Gasteiger partial charge < -0.3 is 10.1 Å². The standard InChI is InChI=1S/C20H25N5O2/c1-4-9-25-11-16(12(2)24-25)15-10-17(26)21-20-18(15)19(22-23-20)13-5-7-14(27-3)8-6-13/h4-8,11,15,18-20,22-23H,1,9-10H2,2-3H3,(H,21,26). The molecule has 0 radical (unpaired) electrons. The molecule has 1 aromatic heterocycles. The fourth-order valence-corrected chi connectivity index (χ4v) is 4.29. The molecule has 1 aromatic carbocycles. The van der Waals surface area contributed by atoms with E-state index in [0.29, 0.717) is 13.0 Å². The number of fused-ring (bicyclic) bond motifs is 1. The number of hydrogen-bond donors (Lipinski definition) is 3. The summed E-state index contributed by atoms with van der Waals surface area (Å²) in [5.41, 5.74) is 9.89. The van der Waals surface area contributed by atoms with Gasteiger partial charge >= 0.3 is 0 Å². The molecule has 7 heteroatoms. The number of piperidine rings is 1. The van der Waals surface area contributed by atoms with Gasteiger partial charge in [-0.15, -0.1) is 6.58 Å². The molecule has 2 aliphatic rings. The minimum Gasteiger partial charge on any atom is -0.497 e. The molecule has 0 spiro atoms. The lowest BCUT2D eigenvalue weighted by molar-refractivity contribution is -0.125. The number of aromatic nitrogens is 2. The number of benzene rings is 1. The van der Waals surface area contributed by atoms with Gasteiger partial charge in [0, 0.05) is 24.5 Å². The first-order valence-corrected chi connectivity index (χ1v) is 9.20. The summed E-state index contributed by atoms with van der Waals surface area (Å²) in [6.45, 7) is 6.45. The number of allylic oxidation sites excluding steroid dienone is 1. The SMILES string of the molecule is C=CCn1cc(C2CC(=O)NC3NNC(c4ccc(OC)cc4)C32)c(C)n1. The smallest absolute Gasteiger partial charge is 0.221 e. The van der Waals surface area contributed by atoms with Gasteiger partial charge in [0.2, 0.25) is 5.91 Å². The van der Waals surface area contributed by atoms with E-state index in [4.69, 9.17) is 4.74 Å². The third kappa shape index (κ3) is 3.24. The molecule has 0 aliphatic carbocycles. The summed E-state index contributed by atoms with van der Waals surface area (Å²) < 4.78 is 7.16. The summed E-state index contributed by atoms with van der Waals surface area (Å²) in [6.07, 6.45) is 4.22. The Kier molecular flexibility index (Phi) is 4.72. The van der Waals surface area contributed by atoms with Gasteiger partial charge in [0.1, 0.15) is 5.75 Å². The van der Waals surface area contributed by atoms with Crippen LogP contribution < -0.4 is 20.9 Å². The van der Waals surface area contributed by atoms with Crippen molar-refractivity contribution in [3.63, 3.8) is 0 Å². The number of nitrogens with zero attached hydrogens (tertiary/aromatic N) is 2. The van der Waals surface area contributed by atoms with Gasteiger partial charge in [-0.3, -0.25) is 9.48 Å². The van der Waals surface area contributed by atoms with Gasteiger partial charge in [-0.05, 0) is 30.2 Å². The summed E-state index contributed by atoms with van der Waals surface area (Å²) >= 11 is 0. The zero-order valence-electron chi connectivity index (χ0n) is 15.6. The molecule has 1 amide bonds. The second-order valence-electron chi connectivity index (χ2n) is 7.15. The number of carbonyl (C=O) groups is 1. The Morgan fingerprint density at radius 3 is 2.81 bits per heavy atom. The first-order valence-electron chi connectivity index (χ1n) is 9.20. The number of carbonyl (C=O) groups excluding carboxylic acids is 1. The summed E-state index contributed by atoms with van der Waals surface area (Å²) in [4.78, 5) is 12.3. The predicted molar refractivity (Wildman–Crippen MR) is 102 cm³/mol. The minimum atomic E-state index is -0.120. The van der Waals surface area contributed by atoms with Crippen LogP contribution in [0.3, 0.4) is 0 Å². The van der Waals surface area contributed by atoms with Gasteiger partial charge in [-0.2, -0.15) is 5.10 Å². The molecule has 27 heavy (non-hydrogen) atoms. The maximum atomic E-state index is 12.3. The lowest BCUT2D eigenvalue weighted by Gasteiger charge is -2.35. The highest BCUT2D eigenvalue weighted by molar-refractivity contribution is 5.78. The average molecular weight is 367 g/mol. The molecule has 3 N–H and O–H groups in total. The zero-order valence-corrected chi connectivity index (χ0v) is 15.6. The van der Waals surface area contributed by atoms with E-state index in [1.54, 1.807) is 7.11 Å². The maximum absolute atomic E-state index is 12.3. The number of hydrazine groups is 1. The number of amides is 1. The number of aryl methyl sites for hydroxylation is 1. The Morgan fingerprint density at radius 1 is 1.33 bits per heavy atom. The molecular weight excluding hydrogens is 342 g/mol. The highest BCUT2D eigenvalue weighted by atomic mass is 16.5. The largest absolute Gasteiger partial charge is 0.497 e. The van der Waals surface area contributed by atoms with Crippen molar-refractivity contribution in [1.29, 1.82) is 0 Å². The summed E-state index contributed by atoms with van der Waals surface area (Å²) in [5.74, 6) is 1.14. The van der Waals surface area contributed by atoms with E-state index in [1.165, 1.54) is 0 Å². The molecule has 4 atom stereocenters. The van der Waals surface area contributed by atoms with Gasteiger partial charge in [0.15, 0.2) is 0 Å². The van der Waals surface area contributed by atoms with Crippen molar-refractivity contribution in [2.24, 2.45) is 5.92 Å². The van der Waals surface area contributed by atoms with Crippen molar-refractivity contribution in [1.82, 2.24) is 25.9 Å². The highest BCUT2D eigenvalue weighted by Gasteiger charge is 2.47. The molecule has 7 nitrogen and oxygen atoms in total. The molecule has 2 saturated heterocycles. The summed E-state index contributed by atoms with van der Waals surface area (Å²) in [5, 5.41) is 7.66. The quantitative estimate of drug-likeness (QED) is 0.702. The summed E-state index contributed by atoms with van der Waals surface area (Å²) in [6, 6.07) is 8.15. The van der Waals surface area contributed by atoms with E-state index in [9.17, 15) is 4.79 Å². The number of ether oxygens (including phenoxy) is 1. The van der Waals surface area contributed by atoms with Crippen LogP contribution in [-0.2, 0) is 11.3 Å². The first kappa shape index (κ1) is 17.8. The molecule has 3 heterocycles. The van der Waals surface area contributed by atoms with Gasteiger partial charge in [-0.25, -0.2) is 10.9 Å². The fourth-order valence-electron chi connectivity index (χ4n) is 4.29. The fraction of sp³-hybridized carbons (Fsp3) is 0.400. The molecule has 2 aromatic rings. The number of hydrogen-bond acceptors (Lipinski definition) is 5. The van der Waals surface area contributed by atoms with Crippen LogP contribution in [0.5, 0.6) is 5.75 Å². The molecule has 2 fully saturated rings. The van der Waals surface area contributed by atoms with E-state index in [0.717, 1.165) is 22.6 Å². The third-order valence-corrected chi connectivity index (χ3v) is 5.53. The normalized spacial score (nSPS) is 27.1. The van der Waals surface area contributed by atoms with Crippen LogP contribution in [0.15, 0.2) is 43.1 Å². The van der Waals surface area contributed by atoms with E-state index >= 15 is 0 Å². The van der Waals surface area contributed by atoms with Crippen molar-refractivity contribution in [2.45, 2.75) is 38.0 Å². The van der Waals surface area contributed by atoms with Crippen LogP contribution in [0.1, 0.15) is 35.2 Å². The van der Waals surface area contributed by atoms with Crippen LogP contribution in [0.25, 0.3) is 0 Å². The van der Waals surface area contributed by atoms with Crippen LogP contribution >= 0.6 is 0 Å². The zero-order chi connectivity index (χ0) is 19.0. The monoisotopic (exact) mass is 367 g/mol. The van der Waals surface area contributed by atoms with Crippen molar-refractivity contribution in [3.8, 4) is 5.75 Å². The molecule has 142 valence electrons. The number of rotatable bonds is 5. The van der Waals surface area contributed by atoms with Crippen LogP contribution in [0.2, 0.25) is 0 Å². The van der Waals surface area contributed by atoms with Gasteiger partial charge in [-0.1, -0.05) is 18.2 Å². The maximum Gasteiger partial charge on any atom is 0.221 e. The molecule has 0 bridgehead atoms. The molecule has 4 unspecified atom stereocenters. The van der Waals surface area contributed by atoms with Crippen LogP contribution in [-0.4, -0.2) is 29.0 Å². The van der Waals surface area contributed by atoms with Crippen molar-refractivity contribution < 1.29 is 9.53 Å². The Hall–Kier alpha value is -2.64. The second-order valence-corrected chi connectivity index (χ2v) is 7.15. The highest BCUT2D eigenvalue weighted by Crippen LogP contribution is 2.43. The number of nitrogens with one attached hydrogen (secondary N) is 3. The molecule has 0 saturated carbocycles. The van der Waals surface area contributed by atoms with Gasteiger partial charge in [0.05, 0.1) is 31.6 Å². The third-order valence-electron chi connectivity index (χ3n) is 5.53. The average Bonchev–Trinajstić information content (AvgIpc) is 3.25. The van der Waals surface area contributed by atoms with E-state index < -0.39 is 0 Å². The Morgan fingerprint density at radius 2 is 2.11 bits per heavy atom. The van der Waals surface area contributed by atoms with Crippen LogP contribution in [0.4, 0.5) is 0 Å². The first-order chi connectivity index (χ1) is 13.1. The minimum absolute atomic E-state index is 0.0572. The van der Waals surface area contributed by atoms with Crippen molar-refractivity contribution in [3.05, 3.63) is 59.9 Å². The predicted octanol–water partition coefficient (Wildman–Crippen LogP) is 1.78. The number of methoxy groups -OCH3 is 1. The van der Waals surface area contributed by atoms with Crippen molar-refractivity contribution in [2.75, 3.05) is 7.11 Å². The van der Waals surface area contributed by atoms with Crippen molar-refractivity contribution >= 4 is 5.91 Å². The molecule has 4 rings (SSSR count). The molecular formula is C20H25N5O2. The van der Waals surface area contributed by atoms with Crippen LogP contribution in [0, 0.1) is 12.8 Å².